The molecule has 0 saturated carbocycles. The van der Waals surface area contributed by atoms with E-state index in [1.807, 2.05) is 26.8 Å². The first-order chi connectivity index (χ1) is 14.9. The summed E-state index contributed by atoms with van der Waals surface area (Å²) in [6.45, 7) is 7.60. The van der Waals surface area contributed by atoms with Gasteiger partial charge in [0.2, 0.25) is 11.8 Å². The van der Waals surface area contributed by atoms with Gasteiger partial charge in [0.05, 0.1) is 15.8 Å². The number of hydrogen-bond donors (Lipinski definition) is 1. The molecule has 0 bridgehead atoms. The minimum absolute atomic E-state index is 0.169. The lowest BCUT2D eigenvalue weighted by Gasteiger charge is -2.31. The molecule has 0 aliphatic heterocycles. The van der Waals surface area contributed by atoms with Gasteiger partial charge in [-0.3, -0.25) is 9.59 Å². The average molecular weight is 536 g/mol. The number of nitrogens with zero attached hydrogens (tertiary/aromatic N) is 1. The molecule has 1 atom stereocenters. The van der Waals surface area contributed by atoms with Gasteiger partial charge in [-0.05, 0) is 63.1 Å². The lowest BCUT2D eigenvalue weighted by Crippen LogP contribution is -2.52. The van der Waals surface area contributed by atoms with Crippen molar-refractivity contribution in [2.75, 3.05) is 5.75 Å². The maximum absolute atomic E-state index is 13.2. The first kappa shape index (κ1) is 27.1. The van der Waals surface area contributed by atoms with Gasteiger partial charge in [-0.25, -0.2) is 0 Å². The van der Waals surface area contributed by atoms with Crippen molar-refractivity contribution in [1.82, 2.24) is 10.2 Å². The van der Waals surface area contributed by atoms with Crippen LogP contribution in [-0.4, -0.2) is 34.0 Å². The van der Waals surface area contributed by atoms with E-state index in [1.165, 1.54) is 16.7 Å². The molecule has 174 valence electrons. The summed E-state index contributed by atoms with van der Waals surface area (Å²) in [5.41, 5.74) is 1.26. The minimum atomic E-state index is -0.681. The number of carbonyl (C=O) groups is 2. The Morgan fingerprint density at radius 2 is 1.69 bits per heavy atom. The van der Waals surface area contributed by atoms with Crippen molar-refractivity contribution in [3.05, 3.63) is 67.6 Å². The molecule has 0 aromatic heterocycles. The van der Waals surface area contributed by atoms with Crippen molar-refractivity contribution in [3.8, 4) is 0 Å². The van der Waals surface area contributed by atoms with Crippen LogP contribution >= 0.6 is 58.2 Å². The van der Waals surface area contributed by atoms with Gasteiger partial charge < -0.3 is 10.2 Å². The Morgan fingerprint density at radius 3 is 2.28 bits per heavy atom. The van der Waals surface area contributed by atoms with Crippen LogP contribution in [-0.2, 0) is 21.9 Å². The summed E-state index contributed by atoms with van der Waals surface area (Å²) in [7, 11) is 0. The molecule has 0 spiro atoms. The van der Waals surface area contributed by atoms with Crippen molar-refractivity contribution in [2.24, 2.45) is 0 Å². The fourth-order valence-electron chi connectivity index (χ4n) is 2.86. The number of nitrogens with one attached hydrogen (secondary N) is 1. The van der Waals surface area contributed by atoms with Crippen LogP contribution < -0.4 is 5.32 Å². The highest BCUT2D eigenvalue weighted by Gasteiger charge is 2.28. The molecule has 1 N–H and O–H groups in total. The summed E-state index contributed by atoms with van der Waals surface area (Å²) in [6.07, 6.45) is 0. The van der Waals surface area contributed by atoms with E-state index < -0.39 is 11.6 Å². The monoisotopic (exact) mass is 534 g/mol. The summed E-state index contributed by atoms with van der Waals surface area (Å²) in [5, 5.41) is 4.85. The van der Waals surface area contributed by atoms with Crippen LogP contribution in [0.2, 0.25) is 20.1 Å². The Bertz CT molecular complexity index is 979. The molecular weight excluding hydrogens is 510 g/mol. The van der Waals surface area contributed by atoms with Gasteiger partial charge in [0, 0.05) is 27.9 Å². The molecule has 4 nitrogen and oxygen atoms in total. The van der Waals surface area contributed by atoms with Crippen molar-refractivity contribution in [2.45, 2.75) is 51.6 Å². The van der Waals surface area contributed by atoms with Gasteiger partial charge in [0.1, 0.15) is 6.04 Å². The summed E-state index contributed by atoms with van der Waals surface area (Å²) < 4.78 is 0. The molecular formula is C23H26Cl4N2O2S. The van der Waals surface area contributed by atoms with Gasteiger partial charge in [0.25, 0.3) is 0 Å². The summed E-state index contributed by atoms with van der Waals surface area (Å²) in [4.78, 5) is 27.5. The van der Waals surface area contributed by atoms with Gasteiger partial charge in [0.15, 0.2) is 0 Å². The van der Waals surface area contributed by atoms with E-state index in [0.29, 0.717) is 31.4 Å². The first-order valence-electron chi connectivity index (χ1n) is 9.94. The van der Waals surface area contributed by atoms with E-state index in [9.17, 15) is 9.59 Å². The van der Waals surface area contributed by atoms with Crippen LogP contribution in [0.25, 0.3) is 0 Å². The van der Waals surface area contributed by atoms with Crippen LogP contribution in [0.1, 0.15) is 38.8 Å². The highest BCUT2D eigenvalue weighted by Crippen LogP contribution is 2.26. The fourth-order valence-corrected chi connectivity index (χ4v) is 4.51. The van der Waals surface area contributed by atoms with Crippen LogP contribution in [0.15, 0.2) is 36.4 Å². The summed E-state index contributed by atoms with van der Waals surface area (Å²) in [5.74, 6) is 0.377. The standard InChI is InChI=1S/C23H26Cl4N2O2S/c1-14(22(31)28-23(2,3)4)29(11-16-6-7-17(24)10-19(16)26)21(30)13-32-12-15-5-8-18(25)20(27)9-15/h5-10,14H,11-13H2,1-4H3,(H,28,31). The van der Waals surface area contributed by atoms with Crippen LogP contribution in [0.3, 0.4) is 0 Å². The molecule has 0 saturated heterocycles. The molecule has 0 aliphatic rings. The second-order valence-corrected chi connectivity index (χ2v) is 11.1. The zero-order chi connectivity index (χ0) is 24.1. The highest BCUT2D eigenvalue weighted by atomic mass is 35.5. The number of amides is 2. The van der Waals surface area contributed by atoms with Gasteiger partial charge in [-0.1, -0.05) is 58.5 Å². The number of benzene rings is 2. The molecule has 0 fully saturated rings. The second-order valence-electron chi connectivity index (χ2n) is 8.41. The van der Waals surface area contributed by atoms with E-state index in [2.05, 4.69) is 5.32 Å². The Labute approximate surface area is 213 Å². The Balaban J connectivity index is 2.15. The third-order valence-corrected chi connectivity index (χ3v) is 6.81. The topological polar surface area (TPSA) is 49.4 Å². The Hall–Kier alpha value is -1.11. The molecule has 2 rings (SSSR count). The maximum atomic E-state index is 13.2. The van der Waals surface area contributed by atoms with E-state index in [1.54, 1.807) is 37.3 Å². The maximum Gasteiger partial charge on any atom is 0.242 e. The van der Waals surface area contributed by atoms with E-state index in [0.717, 1.165) is 5.56 Å². The predicted octanol–water partition coefficient (Wildman–Crippen LogP) is 6.87. The number of hydrogen-bond acceptors (Lipinski definition) is 3. The molecule has 32 heavy (non-hydrogen) atoms. The van der Waals surface area contributed by atoms with Crippen molar-refractivity contribution >= 4 is 70.0 Å². The van der Waals surface area contributed by atoms with Gasteiger partial charge >= 0.3 is 0 Å². The lowest BCUT2D eigenvalue weighted by atomic mass is 10.1. The van der Waals surface area contributed by atoms with E-state index in [-0.39, 0.29) is 24.1 Å². The zero-order valence-corrected chi connectivity index (χ0v) is 22.2. The van der Waals surface area contributed by atoms with Crippen molar-refractivity contribution < 1.29 is 9.59 Å². The smallest absolute Gasteiger partial charge is 0.242 e. The Kier molecular flexibility index (Phi) is 10.0. The van der Waals surface area contributed by atoms with Gasteiger partial charge in [-0.2, -0.15) is 0 Å². The average Bonchev–Trinajstić information content (AvgIpc) is 2.68. The lowest BCUT2D eigenvalue weighted by molar-refractivity contribution is -0.139. The van der Waals surface area contributed by atoms with Crippen molar-refractivity contribution in [3.63, 3.8) is 0 Å². The number of carbonyl (C=O) groups excluding carboxylic acids is 2. The van der Waals surface area contributed by atoms with E-state index >= 15 is 0 Å². The van der Waals surface area contributed by atoms with Crippen LogP contribution in [0, 0.1) is 0 Å². The molecule has 0 aliphatic carbocycles. The largest absolute Gasteiger partial charge is 0.350 e. The third-order valence-electron chi connectivity index (χ3n) is 4.50. The number of rotatable bonds is 8. The fraction of sp³-hybridized carbons (Fsp3) is 0.391. The molecule has 9 heteroatoms. The van der Waals surface area contributed by atoms with E-state index in [4.69, 9.17) is 46.4 Å². The first-order valence-corrected chi connectivity index (χ1v) is 12.6. The number of halogens is 4. The summed E-state index contributed by atoms with van der Waals surface area (Å²) >= 11 is 25.8. The second kappa shape index (κ2) is 11.8. The molecule has 2 aromatic rings. The minimum Gasteiger partial charge on any atom is -0.350 e. The highest BCUT2D eigenvalue weighted by molar-refractivity contribution is 7.99. The normalized spacial score (nSPS) is 12.4. The SMILES string of the molecule is CC(C(=O)NC(C)(C)C)N(Cc1ccc(Cl)cc1Cl)C(=O)CSCc1ccc(Cl)c(Cl)c1. The molecule has 2 amide bonds. The molecule has 0 heterocycles. The number of thioether (sulfide) groups is 1. The van der Waals surface area contributed by atoms with Crippen LogP contribution in [0.4, 0.5) is 0 Å². The molecule has 1 unspecified atom stereocenters. The summed E-state index contributed by atoms with van der Waals surface area (Å²) in [6, 6.07) is 9.81. The zero-order valence-electron chi connectivity index (χ0n) is 18.3. The van der Waals surface area contributed by atoms with Crippen LogP contribution in [0.5, 0.6) is 0 Å². The van der Waals surface area contributed by atoms with Crippen molar-refractivity contribution in [1.29, 1.82) is 0 Å². The third kappa shape index (κ3) is 8.35. The molecule has 2 aromatic carbocycles. The quantitative estimate of drug-likeness (QED) is 0.401. The molecule has 0 radical (unpaired) electrons. The predicted molar refractivity (Wildman–Crippen MR) is 137 cm³/mol. The van der Waals surface area contributed by atoms with Gasteiger partial charge in [-0.15, -0.1) is 11.8 Å². The Morgan fingerprint density at radius 1 is 1.00 bits per heavy atom.